The average molecular weight is 298 g/mol. The highest BCUT2D eigenvalue weighted by atomic mass is 79.9. The number of ether oxygens (including phenoxy) is 1. The third-order valence-electron chi connectivity index (χ3n) is 3.59. The van der Waals surface area contributed by atoms with E-state index in [0.717, 1.165) is 17.4 Å². The lowest BCUT2D eigenvalue weighted by Crippen LogP contribution is -2.42. The molecule has 17 heavy (non-hydrogen) atoms. The van der Waals surface area contributed by atoms with Crippen molar-refractivity contribution in [2.45, 2.75) is 37.9 Å². The Kier molecular flexibility index (Phi) is 4.60. The molecule has 0 unspecified atom stereocenters. The van der Waals surface area contributed by atoms with Crippen LogP contribution in [0.2, 0.25) is 0 Å². The molecular formula is C14H20BrNO. The summed E-state index contributed by atoms with van der Waals surface area (Å²) in [5.41, 5.74) is 1.38. The summed E-state index contributed by atoms with van der Waals surface area (Å²) in [5, 5.41) is 3.21. The van der Waals surface area contributed by atoms with Crippen molar-refractivity contribution >= 4 is 15.9 Å². The Hall–Kier alpha value is -0.380. The number of hydrogen-bond acceptors (Lipinski definition) is 2. The Balaban J connectivity index is 1.90. The van der Waals surface area contributed by atoms with Crippen molar-refractivity contribution < 1.29 is 4.74 Å². The Labute approximate surface area is 112 Å². The van der Waals surface area contributed by atoms with E-state index in [1.807, 2.05) is 13.1 Å². The van der Waals surface area contributed by atoms with Crippen LogP contribution in [0, 0.1) is 0 Å². The van der Waals surface area contributed by atoms with E-state index < -0.39 is 0 Å². The second-order valence-electron chi connectivity index (χ2n) is 4.77. The lowest BCUT2D eigenvalue weighted by Gasteiger charge is -2.42. The van der Waals surface area contributed by atoms with Gasteiger partial charge in [-0.15, -0.1) is 0 Å². The molecule has 0 aliphatic heterocycles. The predicted molar refractivity (Wildman–Crippen MR) is 74.1 cm³/mol. The molecule has 0 amide bonds. The second-order valence-corrected chi connectivity index (χ2v) is 5.62. The molecule has 0 radical (unpaired) electrons. The summed E-state index contributed by atoms with van der Waals surface area (Å²) < 4.78 is 7.31. The quantitative estimate of drug-likeness (QED) is 0.868. The summed E-state index contributed by atoms with van der Waals surface area (Å²) in [5.74, 6) is 0. The van der Waals surface area contributed by atoms with Gasteiger partial charge < -0.3 is 10.1 Å². The normalized spacial score (nSPS) is 17.8. The van der Waals surface area contributed by atoms with Crippen molar-refractivity contribution in [1.29, 1.82) is 0 Å². The van der Waals surface area contributed by atoms with Crippen LogP contribution in [0.4, 0.5) is 0 Å². The summed E-state index contributed by atoms with van der Waals surface area (Å²) in [4.78, 5) is 0. The Morgan fingerprint density at radius 2 is 2.12 bits per heavy atom. The minimum atomic E-state index is 0.137. The van der Waals surface area contributed by atoms with E-state index in [2.05, 4.69) is 39.4 Å². The van der Waals surface area contributed by atoms with Gasteiger partial charge in [-0.05, 0) is 50.9 Å². The summed E-state index contributed by atoms with van der Waals surface area (Å²) in [7, 11) is 2.00. The fourth-order valence-corrected chi connectivity index (χ4v) is 2.64. The fraction of sp³-hybridized carbons (Fsp3) is 0.571. The SMILES string of the molecule is CNCCC1(OCc2ccccc2Br)CCC1. The van der Waals surface area contributed by atoms with Crippen LogP contribution in [0.5, 0.6) is 0 Å². The highest BCUT2D eigenvalue weighted by Crippen LogP contribution is 2.39. The van der Waals surface area contributed by atoms with Crippen LogP contribution < -0.4 is 5.32 Å². The number of halogens is 1. The van der Waals surface area contributed by atoms with Crippen molar-refractivity contribution in [3.05, 3.63) is 34.3 Å². The van der Waals surface area contributed by atoms with E-state index in [1.165, 1.54) is 24.8 Å². The topological polar surface area (TPSA) is 21.3 Å². The van der Waals surface area contributed by atoms with Gasteiger partial charge in [-0.25, -0.2) is 0 Å². The third-order valence-corrected chi connectivity index (χ3v) is 4.36. The molecule has 1 fully saturated rings. The summed E-state index contributed by atoms with van der Waals surface area (Å²) in [6, 6.07) is 8.28. The molecule has 0 heterocycles. The van der Waals surface area contributed by atoms with Gasteiger partial charge in [0.15, 0.2) is 0 Å². The molecule has 2 nitrogen and oxygen atoms in total. The number of benzene rings is 1. The molecular weight excluding hydrogens is 278 g/mol. The van der Waals surface area contributed by atoms with Gasteiger partial charge in [0.05, 0.1) is 12.2 Å². The van der Waals surface area contributed by atoms with Gasteiger partial charge in [-0.2, -0.15) is 0 Å². The third kappa shape index (κ3) is 3.30. The van der Waals surface area contributed by atoms with Crippen molar-refractivity contribution in [3.63, 3.8) is 0 Å². The maximum atomic E-state index is 6.16. The molecule has 0 aromatic heterocycles. The van der Waals surface area contributed by atoms with Crippen molar-refractivity contribution in [3.8, 4) is 0 Å². The van der Waals surface area contributed by atoms with Gasteiger partial charge in [-0.3, -0.25) is 0 Å². The standard InChI is InChI=1S/C14H20BrNO/c1-16-10-9-14(7-4-8-14)17-11-12-5-2-3-6-13(12)15/h2-3,5-6,16H,4,7-11H2,1H3. The first-order valence-electron chi connectivity index (χ1n) is 6.28. The fourth-order valence-electron chi connectivity index (χ4n) is 2.24. The average Bonchev–Trinajstić information content (AvgIpc) is 2.29. The first-order chi connectivity index (χ1) is 8.26. The van der Waals surface area contributed by atoms with E-state index in [1.54, 1.807) is 0 Å². The molecule has 2 rings (SSSR count). The Morgan fingerprint density at radius 3 is 2.71 bits per heavy atom. The van der Waals surface area contributed by atoms with E-state index in [9.17, 15) is 0 Å². The Bertz CT molecular complexity index is 363. The molecule has 0 spiro atoms. The molecule has 1 aromatic carbocycles. The van der Waals surface area contributed by atoms with Crippen LogP contribution >= 0.6 is 15.9 Å². The van der Waals surface area contributed by atoms with Crippen molar-refractivity contribution in [1.82, 2.24) is 5.32 Å². The second kappa shape index (κ2) is 5.98. The van der Waals surface area contributed by atoms with Crippen molar-refractivity contribution in [2.24, 2.45) is 0 Å². The maximum Gasteiger partial charge on any atom is 0.0735 e. The molecule has 1 aliphatic carbocycles. The van der Waals surface area contributed by atoms with Gasteiger partial charge in [0.25, 0.3) is 0 Å². The van der Waals surface area contributed by atoms with Crippen LogP contribution in [0.3, 0.4) is 0 Å². The zero-order valence-electron chi connectivity index (χ0n) is 10.3. The molecule has 0 saturated heterocycles. The zero-order chi connectivity index (χ0) is 12.1. The first-order valence-corrected chi connectivity index (χ1v) is 7.07. The number of rotatable bonds is 6. The van der Waals surface area contributed by atoms with Gasteiger partial charge in [0.1, 0.15) is 0 Å². The van der Waals surface area contributed by atoms with Crippen LogP contribution in [-0.4, -0.2) is 19.2 Å². The molecule has 94 valence electrons. The molecule has 1 N–H and O–H groups in total. The predicted octanol–water partition coefficient (Wildman–Crippen LogP) is 3.50. The highest BCUT2D eigenvalue weighted by molar-refractivity contribution is 9.10. The lowest BCUT2D eigenvalue weighted by atomic mass is 9.77. The number of hydrogen-bond donors (Lipinski definition) is 1. The largest absolute Gasteiger partial charge is 0.370 e. The smallest absolute Gasteiger partial charge is 0.0735 e. The molecule has 1 saturated carbocycles. The van der Waals surface area contributed by atoms with Gasteiger partial charge in [0, 0.05) is 4.47 Å². The van der Waals surface area contributed by atoms with Crippen LogP contribution in [0.25, 0.3) is 0 Å². The maximum absolute atomic E-state index is 6.16. The van der Waals surface area contributed by atoms with E-state index >= 15 is 0 Å². The Morgan fingerprint density at radius 1 is 1.35 bits per heavy atom. The van der Waals surface area contributed by atoms with Crippen LogP contribution in [-0.2, 0) is 11.3 Å². The van der Waals surface area contributed by atoms with Crippen LogP contribution in [0.15, 0.2) is 28.7 Å². The number of nitrogens with one attached hydrogen (secondary N) is 1. The highest BCUT2D eigenvalue weighted by Gasteiger charge is 2.37. The summed E-state index contributed by atoms with van der Waals surface area (Å²) in [6.07, 6.45) is 4.84. The lowest BCUT2D eigenvalue weighted by molar-refractivity contribution is -0.113. The molecule has 3 heteroatoms. The minimum absolute atomic E-state index is 0.137. The molecule has 0 atom stereocenters. The molecule has 1 aliphatic rings. The van der Waals surface area contributed by atoms with E-state index in [-0.39, 0.29) is 5.60 Å². The zero-order valence-corrected chi connectivity index (χ0v) is 11.9. The van der Waals surface area contributed by atoms with Gasteiger partial charge in [0.2, 0.25) is 0 Å². The molecule has 0 bridgehead atoms. The molecule has 1 aromatic rings. The monoisotopic (exact) mass is 297 g/mol. The van der Waals surface area contributed by atoms with E-state index in [4.69, 9.17) is 4.74 Å². The van der Waals surface area contributed by atoms with Crippen molar-refractivity contribution in [2.75, 3.05) is 13.6 Å². The summed E-state index contributed by atoms with van der Waals surface area (Å²) in [6.45, 7) is 1.75. The van der Waals surface area contributed by atoms with E-state index in [0.29, 0.717) is 6.61 Å². The summed E-state index contributed by atoms with van der Waals surface area (Å²) >= 11 is 3.56. The minimum Gasteiger partial charge on any atom is -0.370 e. The van der Waals surface area contributed by atoms with Gasteiger partial charge in [-0.1, -0.05) is 34.1 Å². The van der Waals surface area contributed by atoms with Gasteiger partial charge >= 0.3 is 0 Å². The van der Waals surface area contributed by atoms with Crippen LogP contribution in [0.1, 0.15) is 31.2 Å². The first kappa shape index (κ1) is 13.1.